The lowest BCUT2D eigenvalue weighted by atomic mass is 10.1. The van der Waals surface area contributed by atoms with Crippen LogP contribution in [0.15, 0.2) is 16.9 Å². The van der Waals surface area contributed by atoms with Crippen LogP contribution in [0, 0.1) is 0 Å². The monoisotopic (exact) mass is 151 g/mol. The topological polar surface area (TPSA) is 43.5 Å². The second-order valence-electron chi connectivity index (χ2n) is 2.55. The number of carbonyl (C=O) groups excluding carboxylic acids is 1. The van der Waals surface area contributed by atoms with Crippen LogP contribution >= 0.6 is 0 Å². The molecule has 0 aliphatic carbocycles. The molecule has 0 saturated heterocycles. The summed E-state index contributed by atoms with van der Waals surface area (Å²) in [6.45, 7) is 3.58. The number of hydrogen-bond donors (Lipinski definition) is 0. The lowest BCUT2D eigenvalue weighted by Crippen LogP contribution is -2.02. The fourth-order valence-electron chi connectivity index (χ4n) is 1.02. The molecule has 1 rings (SSSR count). The molecule has 59 valence electrons. The van der Waals surface area contributed by atoms with E-state index in [1.807, 2.05) is 6.92 Å². The Balaban J connectivity index is 2.59. The van der Waals surface area contributed by atoms with Gasteiger partial charge in [0, 0.05) is 12.0 Å². The first kappa shape index (κ1) is 7.98. The summed E-state index contributed by atoms with van der Waals surface area (Å²) in [5.41, 5.74) is 5.66. The summed E-state index contributed by atoms with van der Waals surface area (Å²) in [5, 5.41) is 3.89. The number of carbonyl (C=O) groups is 1. The number of hydrogen-bond acceptors (Lipinski definition) is 2. The van der Waals surface area contributed by atoms with Gasteiger partial charge in [0.1, 0.15) is 5.78 Å². The zero-order chi connectivity index (χ0) is 8.27. The second-order valence-corrected chi connectivity index (χ2v) is 2.55. The van der Waals surface area contributed by atoms with Crippen LogP contribution in [0.2, 0.25) is 0 Å². The number of Topliss-reactive ketones (excluding diaryl/α,β-unsaturated/α-hetero) is 1. The third-order valence-corrected chi connectivity index (χ3v) is 1.54. The smallest absolute Gasteiger partial charge is 0.134 e. The minimum absolute atomic E-state index is 0.162. The molecule has 11 heavy (non-hydrogen) atoms. The highest BCUT2D eigenvalue weighted by atomic mass is 16.1. The zero-order valence-corrected chi connectivity index (χ0v) is 6.79. The molecule has 3 heteroatoms. The summed E-state index contributed by atoms with van der Waals surface area (Å²) >= 11 is 0. The molecule has 1 radical (unpaired) electrons. The van der Waals surface area contributed by atoms with E-state index in [2.05, 4.69) is 10.5 Å². The summed E-state index contributed by atoms with van der Waals surface area (Å²) in [7, 11) is 0. The van der Waals surface area contributed by atoms with Gasteiger partial charge in [0.05, 0.1) is 11.9 Å². The Bertz CT molecular complexity index is 228. The molecular weight excluding hydrogens is 140 g/mol. The fraction of sp³-hybridized carbons (Fsp3) is 0.500. The van der Waals surface area contributed by atoms with Crippen molar-refractivity contribution in [2.24, 2.45) is 5.10 Å². The van der Waals surface area contributed by atoms with Gasteiger partial charge < -0.3 is 0 Å². The number of ketones is 1. The molecule has 0 aromatic carbocycles. The van der Waals surface area contributed by atoms with Crippen LogP contribution in [0.4, 0.5) is 0 Å². The molecule has 0 bridgehead atoms. The van der Waals surface area contributed by atoms with E-state index in [-0.39, 0.29) is 5.78 Å². The molecular formula is C8H11N2O. The largest absolute Gasteiger partial charge is 0.300 e. The van der Waals surface area contributed by atoms with E-state index < -0.39 is 0 Å². The lowest BCUT2D eigenvalue weighted by Gasteiger charge is -1.97. The molecule has 0 aromatic rings. The molecule has 1 aliphatic heterocycles. The van der Waals surface area contributed by atoms with Crippen molar-refractivity contribution in [3.8, 4) is 0 Å². The summed E-state index contributed by atoms with van der Waals surface area (Å²) in [5.74, 6) is 0.162. The Kier molecular flexibility index (Phi) is 2.41. The number of allylic oxidation sites excluding steroid dienone is 1. The summed E-state index contributed by atoms with van der Waals surface area (Å²) in [6, 6.07) is 0. The van der Waals surface area contributed by atoms with Crippen molar-refractivity contribution in [1.82, 2.24) is 5.43 Å². The molecule has 0 atom stereocenters. The fourth-order valence-corrected chi connectivity index (χ4v) is 1.02. The van der Waals surface area contributed by atoms with Crippen LogP contribution < -0.4 is 5.43 Å². The van der Waals surface area contributed by atoms with Crippen LogP contribution in [0.1, 0.15) is 26.7 Å². The predicted octanol–water partition coefficient (Wildman–Crippen LogP) is 1.23. The van der Waals surface area contributed by atoms with E-state index in [0.717, 1.165) is 17.7 Å². The molecule has 0 saturated carbocycles. The maximum Gasteiger partial charge on any atom is 0.134 e. The van der Waals surface area contributed by atoms with E-state index in [0.29, 0.717) is 6.42 Å². The van der Waals surface area contributed by atoms with Crippen molar-refractivity contribution < 1.29 is 4.79 Å². The van der Waals surface area contributed by atoms with Crippen molar-refractivity contribution in [3.63, 3.8) is 0 Å². The van der Waals surface area contributed by atoms with Crippen molar-refractivity contribution in [3.05, 3.63) is 11.8 Å². The maximum atomic E-state index is 10.7. The van der Waals surface area contributed by atoms with Crippen LogP contribution in [-0.4, -0.2) is 11.5 Å². The van der Waals surface area contributed by atoms with Crippen LogP contribution in [0.25, 0.3) is 0 Å². The van der Waals surface area contributed by atoms with Crippen molar-refractivity contribution in [2.75, 3.05) is 0 Å². The van der Waals surface area contributed by atoms with Gasteiger partial charge in [-0.2, -0.15) is 10.5 Å². The summed E-state index contributed by atoms with van der Waals surface area (Å²) < 4.78 is 0. The van der Waals surface area contributed by atoms with Crippen LogP contribution in [0.3, 0.4) is 0 Å². The lowest BCUT2D eigenvalue weighted by molar-refractivity contribution is -0.116. The first-order chi connectivity index (χ1) is 5.24. The highest BCUT2D eigenvalue weighted by Gasteiger charge is 2.12. The number of nitrogens with zero attached hydrogens (tertiary/aromatic N) is 2. The standard InChI is InChI=1S/C8H11N2O/c1-3-8-7(4-6(2)11)5-9-10-8/h5H,3-4H2,1-2H3. The van der Waals surface area contributed by atoms with Gasteiger partial charge in [-0.25, -0.2) is 0 Å². The Morgan fingerprint density at radius 2 is 2.36 bits per heavy atom. The molecule has 0 N–H and O–H groups in total. The van der Waals surface area contributed by atoms with Crippen LogP contribution in [0.5, 0.6) is 0 Å². The van der Waals surface area contributed by atoms with E-state index in [9.17, 15) is 4.79 Å². The third kappa shape index (κ3) is 1.90. The van der Waals surface area contributed by atoms with Crippen molar-refractivity contribution in [1.29, 1.82) is 0 Å². The van der Waals surface area contributed by atoms with Gasteiger partial charge in [0.15, 0.2) is 0 Å². The minimum atomic E-state index is 0.162. The normalized spacial score (nSPS) is 15.5. The first-order valence-corrected chi connectivity index (χ1v) is 3.69. The van der Waals surface area contributed by atoms with E-state index >= 15 is 0 Å². The Morgan fingerprint density at radius 1 is 1.64 bits per heavy atom. The van der Waals surface area contributed by atoms with Crippen LogP contribution in [-0.2, 0) is 4.79 Å². The van der Waals surface area contributed by atoms with Gasteiger partial charge in [-0.05, 0) is 13.3 Å². The molecule has 3 nitrogen and oxygen atoms in total. The highest BCUT2D eigenvalue weighted by Crippen LogP contribution is 2.11. The van der Waals surface area contributed by atoms with Gasteiger partial charge in [0.2, 0.25) is 0 Å². The third-order valence-electron chi connectivity index (χ3n) is 1.54. The zero-order valence-electron chi connectivity index (χ0n) is 6.79. The van der Waals surface area contributed by atoms with E-state index in [1.165, 1.54) is 0 Å². The summed E-state index contributed by atoms with van der Waals surface area (Å²) in [6.07, 6.45) is 2.99. The molecule has 0 aromatic heterocycles. The Hall–Kier alpha value is -1.12. The van der Waals surface area contributed by atoms with Crippen molar-refractivity contribution >= 4 is 11.5 Å². The Morgan fingerprint density at radius 3 is 2.91 bits per heavy atom. The average Bonchev–Trinajstić information content (AvgIpc) is 2.34. The molecule has 0 spiro atoms. The predicted molar refractivity (Wildman–Crippen MR) is 43.2 cm³/mol. The van der Waals surface area contributed by atoms with E-state index in [1.54, 1.807) is 13.1 Å². The highest BCUT2D eigenvalue weighted by molar-refractivity contribution is 6.04. The number of rotatable bonds is 3. The quantitative estimate of drug-likeness (QED) is 0.598. The summed E-state index contributed by atoms with van der Waals surface area (Å²) in [4.78, 5) is 10.7. The van der Waals surface area contributed by atoms with Crippen molar-refractivity contribution in [2.45, 2.75) is 26.7 Å². The first-order valence-electron chi connectivity index (χ1n) is 3.69. The average molecular weight is 151 g/mol. The van der Waals surface area contributed by atoms with Gasteiger partial charge >= 0.3 is 0 Å². The SMILES string of the molecule is CCC1=N[N]C=C1CC(C)=O. The second kappa shape index (κ2) is 3.32. The van der Waals surface area contributed by atoms with E-state index in [4.69, 9.17) is 0 Å². The van der Waals surface area contributed by atoms with Gasteiger partial charge in [-0.15, -0.1) is 0 Å². The molecule has 1 aliphatic rings. The Labute approximate surface area is 66.2 Å². The minimum Gasteiger partial charge on any atom is -0.300 e. The molecule has 0 fully saturated rings. The molecule has 1 heterocycles. The van der Waals surface area contributed by atoms with Gasteiger partial charge in [0.25, 0.3) is 0 Å². The van der Waals surface area contributed by atoms with Gasteiger partial charge in [-0.3, -0.25) is 4.79 Å². The molecule has 0 amide bonds. The maximum absolute atomic E-state index is 10.7. The molecule has 0 unspecified atom stereocenters. The van der Waals surface area contributed by atoms with Gasteiger partial charge in [-0.1, -0.05) is 6.92 Å².